The molecule has 1 N–H and O–H groups in total. The van der Waals surface area contributed by atoms with Crippen LogP contribution in [0.5, 0.6) is 5.75 Å². The highest BCUT2D eigenvalue weighted by Gasteiger charge is 2.11. The van der Waals surface area contributed by atoms with Crippen LogP contribution < -0.4 is 10.2 Å². The lowest BCUT2D eigenvalue weighted by Gasteiger charge is -2.11. The van der Waals surface area contributed by atoms with Crippen LogP contribution in [0.2, 0.25) is 5.02 Å². The number of hydrazone groups is 1. The molecule has 0 radical (unpaired) electrons. The highest BCUT2D eigenvalue weighted by atomic mass is 79.9. The number of nitrogens with zero attached hydrogens (tertiary/aromatic N) is 1. The molecule has 0 saturated heterocycles. The third kappa shape index (κ3) is 4.45. The molecule has 0 unspecified atom stereocenters. The Kier molecular flexibility index (Phi) is 5.64. The van der Waals surface area contributed by atoms with Crippen molar-refractivity contribution in [3.8, 4) is 5.75 Å². The van der Waals surface area contributed by atoms with Crippen LogP contribution in [0.15, 0.2) is 56.5 Å². The zero-order valence-corrected chi connectivity index (χ0v) is 16.5. The number of carbonyl (C=O) groups excluding carboxylic acids is 1. The molecule has 5 nitrogen and oxygen atoms in total. The smallest absolute Gasteiger partial charge is 0.307 e. The van der Waals surface area contributed by atoms with E-state index < -0.39 is 5.91 Å². The summed E-state index contributed by atoms with van der Waals surface area (Å²) in [6.45, 7) is 3.92. The van der Waals surface area contributed by atoms with Gasteiger partial charge in [0.2, 0.25) is 0 Å². The van der Waals surface area contributed by atoms with Gasteiger partial charge in [0.05, 0.1) is 16.8 Å². The minimum atomic E-state index is -0.438. The highest BCUT2D eigenvalue weighted by molar-refractivity contribution is 9.10. The van der Waals surface area contributed by atoms with E-state index in [-0.39, 0.29) is 11.9 Å². The van der Waals surface area contributed by atoms with Crippen molar-refractivity contribution in [3.05, 3.63) is 63.3 Å². The molecule has 3 rings (SSSR count). The summed E-state index contributed by atoms with van der Waals surface area (Å²) in [6.07, 6.45) is 1.63. The minimum absolute atomic E-state index is 0.0868. The number of ether oxygens (including phenoxy) is 1. The van der Waals surface area contributed by atoms with Crippen molar-refractivity contribution in [1.29, 1.82) is 0 Å². The van der Waals surface area contributed by atoms with Crippen molar-refractivity contribution in [2.24, 2.45) is 5.10 Å². The molecular weight excluding hydrogens is 420 g/mol. The zero-order valence-electron chi connectivity index (χ0n) is 14.1. The summed E-state index contributed by atoms with van der Waals surface area (Å²) in [6, 6.07) is 12.3. The number of benzene rings is 2. The first-order valence-corrected chi connectivity index (χ1v) is 9.08. The summed E-state index contributed by atoms with van der Waals surface area (Å²) in [5, 5.41) is 5.31. The Hall–Kier alpha value is -2.31. The van der Waals surface area contributed by atoms with Crippen LogP contribution >= 0.6 is 27.5 Å². The third-order valence-corrected chi connectivity index (χ3v) is 4.26. The molecule has 0 saturated carbocycles. The van der Waals surface area contributed by atoms with Crippen LogP contribution in [0.4, 0.5) is 0 Å². The van der Waals surface area contributed by atoms with Crippen LogP contribution in [0.1, 0.15) is 30.0 Å². The molecule has 7 heteroatoms. The molecule has 2 aromatic carbocycles. The van der Waals surface area contributed by atoms with E-state index in [0.717, 1.165) is 21.2 Å². The van der Waals surface area contributed by atoms with Gasteiger partial charge < -0.3 is 9.15 Å². The van der Waals surface area contributed by atoms with Crippen molar-refractivity contribution in [3.63, 3.8) is 0 Å². The van der Waals surface area contributed by atoms with E-state index in [0.29, 0.717) is 10.6 Å². The first-order chi connectivity index (χ1) is 12.4. The van der Waals surface area contributed by atoms with Gasteiger partial charge in [-0.05, 0) is 77.8 Å². The number of hydrogen-bond acceptors (Lipinski definition) is 4. The maximum Gasteiger partial charge on any atom is 0.307 e. The van der Waals surface area contributed by atoms with E-state index in [1.54, 1.807) is 30.5 Å². The average Bonchev–Trinajstić information content (AvgIpc) is 3.00. The second-order valence-electron chi connectivity index (χ2n) is 5.85. The van der Waals surface area contributed by atoms with Crippen LogP contribution in [-0.4, -0.2) is 18.2 Å². The Labute approximate surface area is 164 Å². The molecule has 134 valence electrons. The van der Waals surface area contributed by atoms with Gasteiger partial charge in [-0.25, -0.2) is 5.43 Å². The molecule has 0 fully saturated rings. The van der Waals surface area contributed by atoms with Crippen LogP contribution in [0, 0.1) is 0 Å². The Bertz CT molecular complexity index is 982. The van der Waals surface area contributed by atoms with E-state index in [1.807, 2.05) is 32.0 Å². The molecule has 0 spiro atoms. The summed E-state index contributed by atoms with van der Waals surface area (Å²) in [4.78, 5) is 12.2. The summed E-state index contributed by atoms with van der Waals surface area (Å²) >= 11 is 9.39. The van der Waals surface area contributed by atoms with E-state index in [9.17, 15) is 4.79 Å². The number of hydrogen-bond donors (Lipinski definition) is 1. The minimum Gasteiger partial charge on any atom is -0.490 e. The van der Waals surface area contributed by atoms with Gasteiger partial charge in [0, 0.05) is 10.4 Å². The molecule has 0 atom stereocenters. The standard InChI is InChI=1S/C19H16BrClN2O3/c1-11(2)25-17-5-3-12(7-15(17)20)10-22-23-19(24)18-9-13-8-14(21)4-6-16(13)26-18/h3-11H,1-2H3,(H,23,24)/b22-10+. The monoisotopic (exact) mass is 434 g/mol. The fraction of sp³-hybridized carbons (Fsp3) is 0.158. The summed E-state index contributed by atoms with van der Waals surface area (Å²) < 4.78 is 12.0. The molecule has 26 heavy (non-hydrogen) atoms. The Morgan fingerprint density at radius 3 is 2.81 bits per heavy atom. The lowest BCUT2D eigenvalue weighted by atomic mass is 10.2. The molecule has 0 bridgehead atoms. The quantitative estimate of drug-likeness (QED) is 0.431. The predicted octanol–water partition coefficient (Wildman–Crippen LogP) is 5.40. The number of fused-ring (bicyclic) bond motifs is 1. The number of amides is 1. The van der Waals surface area contributed by atoms with Gasteiger partial charge in [0.15, 0.2) is 5.76 Å². The molecule has 1 aromatic heterocycles. The van der Waals surface area contributed by atoms with Gasteiger partial charge in [0.1, 0.15) is 11.3 Å². The van der Waals surface area contributed by atoms with Gasteiger partial charge in [-0.1, -0.05) is 11.6 Å². The van der Waals surface area contributed by atoms with Crippen molar-refractivity contribution in [1.82, 2.24) is 5.43 Å². The third-order valence-electron chi connectivity index (χ3n) is 3.40. The Balaban J connectivity index is 1.67. The predicted molar refractivity (Wildman–Crippen MR) is 106 cm³/mol. The Morgan fingerprint density at radius 1 is 1.27 bits per heavy atom. The lowest BCUT2D eigenvalue weighted by molar-refractivity contribution is 0.0929. The van der Waals surface area contributed by atoms with Crippen LogP contribution in [0.3, 0.4) is 0 Å². The van der Waals surface area contributed by atoms with Crippen molar-refractivity contribution in [2.45, 2.75) is 20.0 Å². The largest absolute Gasteiger partial charge is 0.490 e. The summed E-state index contributed by atoms with van der Waals surface area (Å²) in [5.41, 5.74) is 3.85. The zero-order chi connectivity index (χ0) is 18.7. The van der Waals surface area contributed by atoms with Gasteiger partial charge in [-0.2, -0.15) is 5.10 Å². The van der Waals surface area contributed by atoms with E-state index in [2.05, 4.69) is 26.5 Å². The van der Waals surface area contributed by atoms with E-state index in [4.69, 9.17) is 20.8 Å². The van der Waals surface area contributed by atoms with Crippen molar-refractivity contribution in [2.75, 3.05) is 0 Å². The fourth-order valence-electron chi connectivity index (χ4n) is 2.29. The Morgan fingerprint density at radius 2 is 2.08 bits per heavy atom. The second kappa shape index (κ2) is 7.93. The van der Waals surface area contributed by atoms with E-state index >= 15 is 0 Å². The molecule has 0 aliphatic heterocycles. The molecule has 1 heterocycles. The summed E-state index contributed by atoms with van der Waals surface area (Å²) in [7, 11) is 0. The van der Waals surface area contributed by atoms with Gasteiger partial charge in [-0.15, -0.1) is 0 Å². The maximum absolute atomic E-state index is 12.2. The molecule has 0 aliphatic carbocycles. The van der Waals surface area contributed by atoms with Crippen LogP contribution in [-0.2, 0) is 0 Å². The fourth-order valence-corrected chi connectivity index (χ4v) is 2.96. The van der Waals surface area contributed by atoms with Crippen molar-refractivity contribution < 1.29 is 13.9 Å². The number of carbonyl (C=O) groups is 1. The lowest BCUT2D eigenvalue weighted by Crippen LogP contribution is -2.16. The topological polar surface area (TPSA) is 63.8 Å². The number of furan rings is 1. The molecular formula is C19H16BrClN2O3. The first-order valence-electron chi connectivity index (χ1n) is 7.91. The molecule has 1 amide bonds. The molecule has 3 aromatic rings. The van der Waals surface area contributed by atoms with E-state index in [1.165, 1.54) is 0 Å². The maximum atomic E-state index is 12.2. The van der Waals surface area contributed by atoms with Gasteiger partial charge in [0.25, 0.3) is 0 Å². The van der Waals surface area contributed by atoms with Crippen molar-refractivity contribution >= 4 is 50.6 Å². The normalized spacial score (nSPS) is 11.4. The number of rotatable bonds is 5. The van der Waals surface area contributed by atoms with Gasteiger partial charge in [-0.3, -0.25) is 4.79 Å². The SMILES string of the molecule is CC(C)Oc1ccc(/C=N/NC(=O)c2cc3cc(Cl)ccc3o2)cc1Br. The number of nitrogens with one attached hydrogen (secondary N) is 1. The average molecular weight is 436 g/mol. The van der Waals surface area contributed by atoms with Crippen LogP contribution in [0.25, 0.3) is 11.0 Å². The first kappa shape index (κ1) is 18.5. The number of halogens is 2. The highest BCUT2D eigenvalue weighted by Crippen LogP contribution is 2.26. The summed E-state index contributed by atoms with van der Waals surface area (Å²) in [5.74, 6) is 0.482. The second-order valence-corrected chi connectivity index (χ2v) is 7.14. The van der Waals surface area contributed by atoms with Gasteiger partial charge >= 0.3 is 5.91 Å². The molecule has 0 aliphatic rings.